The molecule has 0 unspecified atom stereocenters. The molecule has 6 heteroatoms. The third kappa shape index (κ3) is 3.06. The van der Waals surface area contributed by atoms with Crippen LogP contribution in [-0.4, -0.2) is 28.5 Å². The molecular formula is C13H18N2O2S2. The maximum atomic E-state index is 12.1. The molecule has 0 aliphatic rings. The molecule has 4 nitrogen and oxygen atoms in total. The SMILES string of the molecule is CC(C)(C)S(=O)(=O)CCn1ccnc1-c1cccs1. The molecule has 0 spiro atoms. The summed E-state index contributed by atoms with van der Waals surface area (Å²) in [5.74, 6) is 0.963. The Morgan fingerprint density at radius 2 is 2.11 bits per heavy atom. The van der Waals surface area contributed by atoms with Crippen molar-refractivity contribution in [1.82, 2.24) is 9.55 Å². The van der Waals surface area contributed by atoms with Crippen molar-refractivity contribution in [3.63, 3.8) is 0 Å². The van der Waals surface area contributed by atoms with Crippen molar-refractivity contribution in [2.45, 2.75) is 32.1 Å². The van der Waals surface area contributed by atoms with E-state index in [2.05, 4.69) is 4.98 Å². The second kappa shape index (κ2) is 5.09. The minimum atomic E-state index is -3.10. The second-order valence-corrected chi connectivity index (χ2v) is 9.16. The van der Waals surface area contributed by atoms with Crippen molar-refractivity contribution < 1.29 is 8.42 Å². The van der Waals surface area contributed by atoms with Gasteiger partial charge in [0.15, 0.2) is 9.84 Å². The van der Waals surface area contributed by atoms with Crippen LogP contribution in [0.25, 0.3) is 10.7 Å². The minimum absolute atomic E-state index is 0.130. The predicted octanol–water partition coefficient (Wildman–Crippen LogP) is 2.82. The Bertz CT molecular complexity index is 634. The van der Waals surface area contributed by atoms with E-state index < -0.39 is 14.6 Å². The van der Waals surface area contributed by atoms with E-state index in [0.717, 1.165) is 10.7 Å². The zero-order chi connectivity index (χ0) is 14.1. The molecule has 2 rings (SSSR count). The number of thiophene rings is 1. The lowest BCUT2D eigenvalue weighted by molar-refractivity contribution is 0.554. The lowest BCUT2D eigenvalue weighted by atomic mass is 10.3. The zero-order valence-electron chi connectivity index (χ0n) is 11.3. The smallest absolute Gasteiger partial charge is 0.156 e. The third-order valence-electron chi connectivity index (χ3n) is 2.99. The summed E-state index contributed by atoms with van der Waals surface area (Å²) in [6.45, 7) is 5.64. The lowest BCUT2D eigenvalue weighted by Crippen LogP contribution is -2.31. The first kappa shape index (κ1) is 14.3. The number of nitrogens with zero attached hydrogens (tertiary/aromatic N) is 2. The van der Waals surface area contributed by atoms with Crippen LogP contribution < -0.4 is 0 Å². The molecule has 0 saturated carbocycles. The molecule has 0 fully saturated rings. The van der Waals surface area contributed by atoms with Crippen molar-refractivity contribution in [2.75, 3.05) is 5.75 Å². The standard InChI is InChI=1S/C13H18N2O2S2/c1-13(2,3)19(16,17)10-8-15-7-6-14-12(15)11-5-4-9-18-11/h4-7,9H,8,10H2,1-3H3. The predicted molar refractivity (Wildman–Crippen MR) is 79.1 cm³/mol. The first-order valence-corrected chi connectivity index (χ1v) is 8.62. The highest BCUT2D eigenvalue weighted by Gasteiger charge is 2.28. The van der Waals surface area contributed by atoms with Gasteiger partial charge in [-0.25, -0.2) is 13.4 Å². The summed E-state index contributed by atoms with van der Waals surface area (Å²) >= 11 is 1.60. The maximum Gasteiger partial charge on any atom is 0.156 e. The Labute approximate surface area is 118 Å². The maximum absolute atomic E-state index is 12.1. The summed E-state index contributed by atoms with van der Waals surface area (Å²) in [6, 6.07) is 3.95. The van der Waals surface area contributed by atoms with E-state index in [1.807, 2.05) is 28.3 Å². The van der Waals surface area contributed by atoms with E-state index in [1.165, 1.54) is 0 Å². The molecule has 2 aromatic heterocycles. The van der Waals surface area contributed by atoms with Crippen LogP contribution >= 0.6 is 11.3 Å². The Morgan fingerprint density at radius 1 is 1.37 bits per heavy atom. The van der Waals surface area contributed by atoms with Gasteiger partial charge in [0.05, 0.1) is 15.4 Å². The van der Waals surface area contributed by atoms with Gasteiger partial charge in [0, 0.05) is 18.9 Å². The van der Waals surface area contributed by atoms with Gasteiger partial charge in [-0.1, -0.05) is 6.07 Å². The van der Waals surface area contributed by atoms with Crippen LogP contribution in [-0.2, 0) is 16.4 Å². The van der Waals surface area contributed by atoms with Gasteiger partial charge in [-0.05, 0) is 32.2 Å². The van der Waals surface area contributed by atoms with E-state index in [4.69, 9.17) is 0 Å². The first-order chi connectivity index (χ1) is 8.81. The number of hydrogen-bond donors (Lipinski definition) is 0. The van der Waals surface area contributed by atoms with Crippen LogP contribution in [0, 0.1) is 0 Å². The Hall–Kier alpha value is -1.14. The largest absolute Gasteiger partial charge is 0.329 e. The summed E-state index contributed by atoms with van der Waals surface area (Å²) in [5.41, 5.74) is 0. The van der Waals surface area contributed by atoms with Crippen molar-refractivity contribution in [3.05, 3.63) is 29.9 Å². The molecule has 0 aromatic carbocycles. The van der Waals surface area contributed by atoms with E-state index in [-0.39, 0.29) is 5.75 Å². The van der Waals surface area contributed by atoms with Gasteiger partial charge in [-0.2, -0.15) is 0 Å². The molecule has 19 heavy (non-hydrogen) atoms. The van der Waals surface area contributed by atoms with Crippen LogP contribution in [0.15, 0.2) is 29.9 Å². The average molecular weight is 298 g/mol. The van der Waals surface area contributed by atoms with Gasteiger partial charge in [-0.3, -0.25) is 0 Å². The molecule has 104 valence electrons. The molecule has 0 aliphatic heterocycles. The van der Waals surface area contributed by atoms with Gasteiger partial charge in [0.2, 0.25) is 0 Å². The highest BCUT2D eigenvalue weighted by atomic mass is 32.2. The van der Waals surface area contributed by atoms with Crippen LogP contribution in [0.3, 0.4) is 0 Å². The van der Waals surface area contributed by atoms with Crippen LogP contribution in [0.5, 0.6) is 0 Å². The molecule has 0 saturated heterocycles. The second-order valence-electron chi connectivity index (χ2n) is 5.35. The number of hydrogen-bond acceptors (Lipinski definition) is 4. The quantitative estimate of drug-likeness (QED) is 0.872. The molecule has 0 N–H and O–H groups in total. The molecule has 0 atom stereocenters. The highest BCUT2D eigenvalue weighted by molar-refractivity contribution is 7.92. The molecular weight excluding hydrogens is 280 g/mol. The van der Waals surface area contributed by atoms with Gasteiger partial charge < -0.3 is 4.57 Å². The number of rotatable bonds is 4. The van der Waals surface area contributed by atoms with Gasteiger partial charge >= 0.3 is 0 Å². The molecule has 0 radical (unpaired) electrons. The van der Waals surface area contributed by atoms with Crippen molar-refractivity contribution >= 4 is 21.2 Å². The van der Waals surface area contributed by atoms with Gasteiger partial charge in [-0.15, -0.1) is 11.3 Å². The summed E-state index contributed by atoms with van der Waals surface area (Å²) in [5, 5.41) is 1.99. The monoisotopic (exact) mass is 298 g/mol. The topological polar surface area (TPSA) is 52.0 Å². The highest BCUT2D eigenvalue weighted by Crippen LogP contribution is 2.23. The Morgan fingerprint density at radius 3 is 2.68 bits per heavy atom. The summed E-state index contributed by atoms with van der Waals surface area (Å²) < 4.78 is 25.4. The number of aryl methyl sites for hydroxylation is 1. The van der Waals surface area contributed by atoms with E-state index in [1.54, 1.807) is 38.3 Å². The fourth-order valence-electron chi connectivity index (χ4n) is 1.65. The van der Waals surface area contributed by atoms with Crippen molar-refractivity contribution in [1.29, 1.82) is 0 Å². The summed E-state index contributed by atoms with van der Waals surface area (Å²) in [6.07, 6.45) is 3.53. The molecule has 0 aliphatic carbocycles. The Kier molecular flexibility index (Phi) is 3.82. The van der Waals surface area contributed by atoms with Crippen LogP contribution in [0.1, 0.15) is 20.8 Å². The summed E-state index contributed by atoms with van der Waals surface area (Å²) in [7, 11) is -3.10. The average Bonchev–Trinajstić information content (AvgIpc) is 2.95. The molecule has 2 aromatic rings. The molecule has 0 amide bonds. The first-order valence-electron chi connectivity index (χ1n) is 6.08. The number of sulfone groups is 1. The van der Waals surface area contributed by atoms with Gasteiger partial charge in [0.25, 0.3) is 0 Å². The third-order valence-corrected chi connectivity index (χ3v) is 6.44. The number of imidazole rings is 1. The van der Waals surface area contributed by atoms with Crippen LogP contribution in [0.2, 0.25) is 0 Å². The van der Waals surface area contributed by atoms with Crippen molar-refractivity contribution in [2.24, 2.45) is 0 Å². The lowest BCUT2D eigenvalue weighted by Gasteiger charge is -2.19. The zero-order valence-corrected chi connectivity index (χ0v) is 13.0. The fraction of sp³-hybridized carbons (Fsp3) is 0.462. The Balaban J connectivity index is 2.17. The molecule has 0 bridgehead atoms. The minimum Gasteiger partial charge on any atom is -0.329 e. The molecule has 2 heterocycles. The van der Waals surface area contributed by atoms with E-state index in [0.29, 0.717) is 6.54 Å². The number of aromatic nitrogens is 2. The van der Waals surface area contributed by atoms with E-state index in [9.17, 15) is 8.42 Å². The van der Waals surface area contributed by atoms with Gasteiger partial charge in [0.1, 0.15) is 5.82 Å². The van der Waals surface area contributed by atoms with E-state index >= 15 is 0 Å². The van der Waals surface area contributed by atoms with Crippen molar-refractivity contribution in [3.8, 4) is 10.7 Å². The van der Waals surface area contributed by atoms with Crippen LogP contribution in [0.4, 0.5) is 0 Å². The summed E-state index contributed by atoms with van der Waals surface area (Å²) in [4.78, 5) is 5.35. The normalized spacial score (nSPS) is 12.8. The fourth-order valence-corrected chi connectivity index (χ4v) is 3.43.